The third-order valence-electron chi connectivity index (χ3n) is 1.21. The van der Waals surface area contributed by atoms with Crippen molar-refractivity contribution in [1.29, 1.82) is 0 Å². The Balaban J connectivity index is 2.34. The van der Waals surface area contributed by atoms with Crippen molar-refractivity contribution in [2.75, 3.05) is 27.1 Å². The van der Waals surface area contributed by atoms with Crippen LogP contribution in [0.15, 0.2) is 0 Å². The van der Waals surface area contributed by atoms with Crippen molar-refractivity contribution in [3.63, 3.8) is 0 Å². The maximum absolute atomic E-state index is 5.49. The van der Waals surface area contributed by atoms with Crippen molar-refractivity contribution in [3.8, 4) is 0 Å². The van der Waals surface area contributed by atoms with Gasteiger partial charge in [-0.1, -0.05) is 0 Å². The number of nitrogens with zero attached hydrogens (tertiary/aromatic N) is 3. The molecule has 1 saturated heterocycles. The van der Waals surface area contributed by atoms with Crippen molar-refractivity contribution in [3.05, 3.63) is 0 Å². The fraction of sp³-hybridized carbons (Fsp3) is 1.00. The van der Waals surface area contributed by atoms with E-state index in [0.29, 0.717) is 6.67 Å². The van der Waals surface area contributed by atoms with Crippen LogP contribution in [0.3, 0.4) is 0 Å². The molecule has 5 heteroatoms. The Bertz CT molecular complexity index is 69.9. The van der Waals surface area contributed by atoms with Crippen LogP contribution in [0.25, 0.3) is 0 Å². The molecule has 9 heavy (non-hydrogen) atoms. The molecule has 0 aromatic rings. The molecule has 0 saturated carbocycles. The first kappa shape index (κ1) is 6.91. The largest absolute Gasteiger partial charge is 0.278 e. The van der Waals surface area contributed by atoms with Gasteiger partial charge in [0.25, 0.3) is 0 Å². The lowest BCUT2D eigenvalue weighted by Gasteiger charge is -2.35. The van der Waals surface area contributed by atoms with Gasteiger partial charge in [0.2, 0.25) is 0 Å². The molecule has 0 atom stereocenters. The second-order valence-electron chi connectivity index (χ2n) is 2.46. The topological polar surface area (TPSA) is 61.8 Å². The van der Waals surface area contributed by atoms with Gasteiger partial charge in [0.05, 0.1) is 20.0 Å². The molecule has 0 bridgehead atoms. The molecule has 0 unspecified atom stereocenters. The van der Waals surface area contributed by atoms with Crippen LogP contribution in [-0.2, 0) is 0 Å². The highest BCUT2D eigenvalue weighted by Crippen LogP contribution is 1.94. The zero-order valence-corrected chi connectivity index (χ0v) is 5.62. The van der Waals surface area contributed by atoms with Gasteiger partial charge in [-0.3, -0.25) is 16.6 Å². The lowest BCUT2D eigenvalue weighted by atomic mass is 10.6. The van der Waals surface area contributed by atoms with Gasteiger partial charge in [-0.15, -0.1) is 0 Å². The van der Waals surface area contributed by atoms with Crippen LogP contribution < -0.4 is 11.7 Å². The van der Waals surface area contributed by atoms with E-state index < -0.39 is 0 Å². The normalized spacial score (nSPS) is 27.0. The summed E-state index contributed by atoms with van der Waals surface area (Å²) >= 11 is 0. The van der Waals surface area contributed by atoms with Crippen molar-refractivity contribution in [2.45, 2.75) is 0 Å². The summed E-state index contributed by atoms with van der Waals surface area (Å²) in [7, 11) is 1.97. The SMILES string of the molecule is CN1CN(N)CN(N)C1. The fourth-order valence-corrected chi connectivity index (χ4v) is 0.988. The molecule has 54 valence electrons. The third-order valence-corrected chi connectivity index (χ3v) is 1.21. The summed E-state index contributed by atoms with van der Waals surface area (Å²) in [6.45, 7) is 2.21. The second kappa shape index (κ2) is 2.59. The van der Waals surface area contributed by atoms with Crippen LogP contribution in [0.2, 0.25) is 0 Å². The highest BCUT2D eigenvalue weighted by atomic mass is 15.6. The summed E-state index contributed by atoms with van der Waals surface area (Å²) in [5.74, 6) is 11.0. The summed E-state index contributed by atoms with van der Waals surface area (Å²) in [5.41, 5.74) is 0. The Hall–Kier alpha value is -0.200. The van der Waals surface area contributed by atoms with Crippen molar-refractivity contribution < 1.29 is 0 Å². The Morgan fingerprint density at radius 3 is 1.78 bits per heavy atom. The van der Waals surface area contributed by atoms with E-state index in [-0.39, 0.29) is 0 Å². The van der Waals surface area contributed by atoms with E-state index in [9.17, 15) is 0 Å². The minimum atomic E-state index is 0.643. The van der Waals surface area contributed by atoms with Crippen LogP contribution in [0.1, 0.15) is 0 Å². The van der Waals surface area contributed by atoms with Gasteiger partial charge >= 0.3 is 0 Å². The number of nitrogens with two attached hydrogens (primary N) is 2. The van der Waals surface area contributed by atoms with E-state index in [1.165, 1.54) is 0 Å². The predicted octanol–water partition coefficient (Wildman–Crippen LogP) is -1.84. The standard InChI is InChI=1S/C4H13N5/c1-7-2-8(5)4-9(6)3-7/h2-6H2,1H3. The van der Waals surface area contributed by atoms with Gasteiger partial charge in [-0.25, -0.2) is 10.0 Å². The molecule has 0 aromatic heterocycles. The van der Waals surface area contributed by atoms with Gasteiger partial charge in [0, 0.05) is 0 Å². The lowest BCUT2D eigenvalue weighted by molar-refractivity contribution is -0.0170. The summed E-state index contributed by atoms with van der Waals surface area (Å²) < 4.78 is 0. The molecular weight excluding hydrogens is 118 g/mol. The molecule has 0 radical (unpaired) electrons. The average molecular weight is 131 g/mol. The van der Waals surface area contributed by atoms with Crippen molar-refractivity contribution >= 4 is 0 Å². The van der Waals surface area contributed by atoms with Gasteiger partial charge in [0.1, 0.15) is 0 Å². The highest BCUT2D eigenvalue weighted by molar-refractivity contribution is 4.55. The zero-order chi connectivity index (χ0) is 6.85. The van der Waals surface area contributed by atoms with E-state index in [1.54, 1.807) is 10.0 Å². The second-order valence-corrected chi connectivity index (χ2v) is 2.46. The first-order chi connectivity index (χ1) is 4.18. The molecule has 0 amide bonds. The lowest BCUT2D eigenvalue weighted by Crippen LogP contribution is -2.58. The highest BCUT2D eigenvalue weighted by Gasteiger charge is 2.14. The molecule has 0 aliphatic carbocycles. The Kier molecular flexibility index (Phi) is 1.99. The molecule has 4 N–H and O–H groups in total. The van der Waals surface area contributed by atoms with Crippen LogP contribution in [0.5, 0.6) is 0 Å². The molecule has 1 heterocycles. The van der Waals surface area contributed by atoms with Gasteiger partial charge < -0.3 is 0 Å². The smallest absolute Gasteiger partial charge is 0.0806 e. The summed E-state index contributed by atoms with van der Waals surface area (Å²) in [6.07, 6.45) is 0. The molecule has 0 aromatic carbocycles. The summed E-state index contributed by atoms with van der Waals surface area (Å²) in [6, 6.07) is 0. The quantitative estimate of drug-likeness (QED) is 0.378. The number of hydrogen-bond acceptors (Lipinski definition) is 5. The van der Waals surface area contributed by atoms with Gasteiger partial charge in [-0.05, 0) is 7.05 Å². The summed E-state index contributed by atoms with van der Waals surface area (Å²) in [5, 5.41) is 3.31. The number of rotatable bonds is 0. The van der Waals surface area contributed by atoms with Crippen LogP contribution in [0, 0.1) is 0 Å². The molecule has 1 fully saturated rings. The minimum absolute atomic E-state index is 0.643. The number of hydrogen-bond donors (Lipinski definition) is 2. The first-order valence-electron chi connectivity index (χ1n) is 2.86. The molecule has 1 aliphatic rings. The molecular formula is C4H13N5. The van der Waals surface area contributed by atoms with E-state index in [4.69, 9.17) is 11.7 Å². The Labute approximate surface area is 54.7 Å². The monoisotopic (exact) mass is 131 g/mol. The molecule has 1 rings (SSSR count). The Morgan fingerprint density at radius 1 is 1.00 bits per heavy atom. The molecule has 1 aliphatic heterocycles. The van der Waals surface area contributed by atoms with E-state index in [2.05, 4.69) is 0 Å². The third kappa shape index (κ3) is 1.88. The van der Waals surface area contributed by atoms with Crippen LogP contribution in [0.4, 0.5) is 0 Å². The van der Waals surface area contributed by atoms with Crippen molar-refractivity contribution in [1.82, 2.24) is 14.9 Å². The first-order valence-corrected chi connectivity index (χ1v) is 2.86. The van der Waals surface area contributed by atoms with E-state index >= 15 is 0 Å². The minimum Gasteiger partial charge on any atom is -0.278 e. The van der Waals surface area contributed by atoms with Crippen LogP contribution >= 0.6 is 0 Å². The van der Waals surface area contributed by atoms with E-state index in [1.807, 2.05) is 11.9 Å². The number of hydrazine groups is 2. The maximum Gasteiger partial charge on any atom is 0.0806 e. The molecule has 0 spiro atoms. The fourth-order valence-electron chi connectivity index (χ4n) is 0.988. The molecule has 5 nitrogen and oxygen atoms in total. The van der Waals surface area contributed by atoms with Crippen LogP contribution in [-0.4, -0.2) is 42.0 Å². The zero-order valence-electron chi connectivity index (χ0n) is 5.62. The van der Waals surface area contributed by atoms with Crippen molar-refractivity contribution in [2.24, 2.45) is 11.7 Å². The summed E-state index contributed by atoms with van der Waals surface area (Å²) in [4.78, 5) is 2.03. The van der Waals surface area contributed by atoms with Gasteiger partial charge in [0.15, 0.2) is 0 Å². The predicted molar refractivity (Wildman–Crippen MR) is 34.4 cm³/mol. The average Bonchev–Trinajstić information content (AvgIpc) is 1.59. The van der Waals surface area contributed by atoms with Gasteiger partial charge in [-0.2, -0.15) is 0 Å². The maximum atomic E-state index is 5.49. The van der Waals surface area contributed by atoms with E-state index in [0.717, 1.165) is 13.3 Å². The Morgan fingerprint density at radius 2 is 1.44 bits per heavy atom.